The largest absolute Gasteiger partial charge is 0.206 e. The van der Waals surface area contributed by atoms with Crippen LogP contribution in [-0.4, -0.2) is 0 Å². The third kappa shape index (κ3) is 3.97. The van der Waals surface area contributed by atoms with Crippen LogP contribution in [0.15, 0.2) is 54.6 Å². The zero-order valence-electron chi connectivity index (χ0n) is 16.8. The minimum Gasteiger partial charge on any atom is -0.206 e. The van der Waals surface area contributed by atoms with E-state index in [-0.39, 0.29) is 5.82 Å². The number of benzene rings is 3. The molecular weight excluding hydrogens is 343 g/mol. The highest BCUT2D eigenvalue weighted by Gasteiger charge is 2.19. The molecule has 0 unspecified atom stereocenters. The molecule has 1 aliphatic rings. The Bertz CT molecular complexity index is 1030. The first-order valence-corrected chi connectivity index (χ1v) is 10.5. The van der Waals surface area contributed by atoms with Gasteiger partial charge in [-0.25, -0.2) is 4.39 Å². The molecule has 3 aromatic carbocycles. The van der Waals surface area contributed by atoms with Gasteiger partial charge < -0.3 is 0 Å². The van der Waals surface area contributed by atoms with Crippen LogP contribution in [0.1, 0.15) is 67.7 Å². The Labute approximate surface area is 167 Å². The summed E-state index contributed by atoms with van der Waals surface area (Å²) in [4.78, 5) is 0. The van der Waals surface area contributed by atoms with Crippen molar-refractivity contribution >= 4 is 10.8 Å². The van der Waals surface area contributed by atoms with Crippen molar-refractivity contribution < 1.29 is 4.39 Å². The van der Waals surface area contributed by atoms with Crippen LogP contribution in [0, 0.1) is 23.6 Å². The van der Waals surface area contributed by atoms with Crippen molar-refractivity contribution in [3.63, 3.8) is 0 Å². The quantitative estimate of drug-likeness (QED) is 0.417. The molecule has 3 aromatic rings. The smallest absolute Gasteiger partial charge is 0.134 e. The summed E-state index contributed by atoms with van der Waals surface area (Å²) in [5, 5.41) is 1.58. The maximum Gasteiger partial charge on any atom is 0.134 e. The molecule has 0 bridgehead atoms. The van der Waals surface area contributed by atoms with Gasteiger partial charge in [0.05, 0.1) is 0 Å². The summed E-state index contributed by atoms with van der Waals surface area (Å²) in [7, 11) is 0. The van der Waals surface area contributed by atoms with Gasteiger partial charge in [0, 0.05) is 16.5 Å². The maximum atomic E-state index is 14.4. The van der Waals surface area contributed by atoms with Crippen LogP contribution in [0.25, 0.3) is 10.8 Å². The summed E-state index contributed by atoms with van der Waals surface area (Å²) >= 11 is 0. The van der Waals surface area contributed by atoms with Crippen LogP contribution >= 0.6 is 0 Å². The average molecular weight is 371 g/mol. The topological polar surface area (TPSA) is 0 Å². The van der Waals surface area contributed by atoms with Gasteiger partial charge in [-0.05, 0) is 71.9 Å². The second kappa shape index (κ2) is 8.19. The number of hydrogen-bond acceptors (Lipinski definition) is 0. The van der Waals surface area contributed by atoms with Crippen molar-refractivity contribution in [2.75, 3.05) is 0 Å². The third-order valence-electron chi connectivity index (χ3n) is 6.16. The molecule has 4 rings (SSSR count). The van der Waals surface area contributed by atoms with E-state index in [1.54, 1.807) is 0 Å². The highest BCUT2D eigenvalue weighted by atomic mass is 19.1. The first kappa shape index (κ1) is 18.8. The molecule has 1 saturated carbocycles. The Balaban J connectivity index is 1.52. The monoisotopic (exact) mass is 370 g/mol. The SMILES string of the molecule is CCc1ccc2cc(C#Cc3ccc(C4CCC(C)CC4)cc3)ccc2c1F. The molecule has 0 saturated heterocycles. The Kier molecular flexibility index (Phi) is 5.49. The lowest BCUT2D eigenvalue weighted by atomic mass is 9.79. The molecule has 142 valence electrons. The van der Waals surface area contributed by atoms with Crippen LogP contribution in [-0.2, 0) is 6.42 Å². The second-order valence-electron chi connectivity index (χ2n) is 8.16. The molecular formula is C27H27F. The van der Waals surface area contributed by atoms with E-state index in [0.29, 0.717) is 17.7 Å². The van der Waals surface area contributed by atoms with Crippen molar-refractivity contribution in [3.05, 3.63) is 82.7 Å². The predicted octanol–water partition coefficient (Wildman–Crippen LogP) is 7.23. The lowest BCUT2D eigenvalue weighted by Crippen LogP contribution is -2.10. The summed E-state index contributed by atoms with van der Waals surface area (Å²) in [6, 6.07) is 18.4. The minimum atomic E-state index is -0.104. The van der Waals surface area contributed by atoms with Gasteiger partial charge in [-0.3, -0.25) is 0 Å². The third-order valence-corrected chi connectivity index (χ3v) is 6.16. The molecule has 1 aliphatic carbocycles. The molecule has 1 fully saturated rings. The van der Waals surface area contributed by atoms with Gasteiger partial charge >= 0.3 is 0 Å². The van der Waals surface area contributed by atoms with E-state index >= 15 is 0 Å². The molecule has 0 heterocycles. The van der Waals surface area contributed by atoms with Crippen LogP contribution < -0.4 is 0 Å². The van der Waals surface area contributed by atoms with E-state index < -0.39 is 0 Å². The minimum absolute atomic E-state index is 0.104. The molecule has 0 aromatic heterocycles. The van der Waals surface area contributed by atoms with Crippen molar-refractivity contribution in [1.82, 2.24) is 0 Å². The molecule has 0 atom stereocenters. The summed E-state index contributed by atoms with van der Waals surface area (Å²) in [6.07, 6.45) is 6.00. The number of rotatable bonds is 2. The van der Waals surface area contributed by atoms with E-state index in [2.05, 4.69) is 43.0 Å². The van der Waals surface area contributed by atoms with Gasteiger partial charge in [0.1, 0.15) is 5.82 Å². The molecule has 0 nitrogen and oxygen atoms in total. The Morgan fingerprint density at radius 2 is 1.54 bits per heavy atom. The summed E-state index contributed by atoms with van der Waals surface area (Å²) in [6.45, 7) is 4.34. The molecule has 1 heteroatoms. The van der Waals surface area contributed by atoms with E-state index in [0.717, 1.165) is 28.0 Å². The van der Waals surface area contributed by atoms with Gasteiger partial charge in [0.25, 0.3) is 0 Å². The molecule has 0 N–H and O–H groups in total. The first-order chi connectivity index (χ1) is 13.6. The molecule has 0 radical (unpaired) electrons. The average Bonchev–Trinajstić information content (AvgIpc) is 2.73. The number of fused-ring (bicyclic) bond motifs is 1. The van der Waals surface area contributed by atoms with Gasteiger partial charge in [-0.1, -0.05) is 68.9 Å². The lowest BCUT2D eigenvalue weighted by molar-refractivity contribution is 0.348. The van der Waals surface area contributed by atoms with Crippen molar-refractivity contribution in [2.24, 2.45) is 5.92 Å². The molecule has 28 heavy (non-hydrogen) atoms. The van der Waals surface area contributed by atoms with Crippen molar-refractivity contribution in [2.45, 2.75) is 51.9 Å². The zero-order valence-corrected chi connectivity index (χ0v) is 16.8. The fourth-order valence-electron chi connectivity index (χ4n) is 4.26. The number of aryl methyl sites for hydroxylation is 1. The zero-order chi connectivity index (χ0) is 19.5. The summed E-state index contributed by atoms with van der Waals surface area (Å²) in [5.41, 5.74) is 4.16. The Morgan fingerprint density at radius 3 is 2.25 bits per heavy atom. The molecule has 0 aliphatic heterocycles. The predicted molar refractivity (Wildman–Crippen MR) is 116 cm³/mol. The van der Waals surface area contributed by atoms with Crippen molar-refractivity contribution in [1.29, 1.82) is 0 Å². The van der Waals surface area contributed by atoms with E-state index in [4.69, 9.17) is 0 Å². The van der Waals surface area contributed by atoms with Crippen LogP contribution in [0.2, 0.25) is 0 Å². The van der Waals surface area contributed by atoms with Crippen LogP contribution in [0.3, 0.4) is 0 Å². The fourth-order valence-corrected chi connectivity index (χ4v) is 4.26. The standard InChI is InChI=1S/C27H27F/c1-3-22-15-16-25-18-21(10-17-26(25)27(22)28)7-6-20-8-13-24(14-9-20)23-11-4-19(2)5-12-23/h8-10,13-19,23H,3-5,11-12H2,1-2H3. The van der Waals surface area contributed by atoms with E-state index in [1.807, 2.05) is 37.3 Å². The first-order valence-electron chi connectivity index (χ1n) is 10.5. The van der Waals surface area contributed by atoms with Gasteiger partial charge in [-0.15, -0.1) is 0 Å². The summed E-state index contributed by atoms with van der Waals surface area (Å²) in [5.74, 6) is 7.98. The van der Waals surface area contributed by atoms with E-state index in [1.165, 1.54) is 31.2 Å². The Morgan fingerprint density at radius 1 is 0.857 bits per heavy atom. The molecule has 0 amide bonds. The molecule has 0 spiro atoms. The summed E-state index contributed by atoms with van der Waals surface area (Å²) < 4.78 is 14.4. The van der Waals surface area contributed by atoms with Gasteiger partial charge in [-0.2, -0.15) is 0 Å². The highest BCUT2D eigenvalue weighted by Crippen LogP contribution is 2.35. The highest BCUT2D eigenvalue weighted by molar-refractivity contribution is 5.85. The van der Waals surface area contributed by atoms with Crippen LogP contribution in [0.5, 0.6) is 0 Å². The lowest BCUT2D eigenvalue weighted by Gasteiger charge is -2.26. The van der Waals surface area contributed by atoms with Crippen LogP contribution in [0.4, 0.5) is 4.39 Å². The number of halogens is 1. The fraction of sp³-hybridized carbons (Fsp3) is 0.333. The van der Waals surface area contributed by atoms with E-state index in [9.17, 15) is 4.39 Å². The van der Waals surface area contributed by atoms with Crippen molar-refractivity contribution in [3.8, 4) is 11.8 Å². The van der Waals surface area contributed by atoms with Gasteiger partial charge in [0.2, 0.25) is 0 Å². The number of hydrogen-bond donors (Lipinski definition) is 0. The maximum absolute atomic E-state index is 14.4. The second-order valence-corrected chi connectivity index (χ2v) is 8.16. The van der Waals surface area contributed by atoms with Gasteiger partial charge in [0.15, 0.2) is 0 Å². The normalized spacial score (nSPS) is 19.2. The Hall–Kier alpha value is -2.59.